The highest BCUT2D eigenvalue weighted by molar-refractivity contribution is 6.37. The molecule has 0 aliphatic carbocycles. The minimum absolute atomic E-state index is 0.267. The van der Waals surface area contributed by atoms with Gasteiger partial charge in [0.15, 0.2) is 0 Å². The van der Waals surface area contributed by atoms with E-state index in [9.17, 15) is 9.59 Å². The van der Waals surface area contributed by atoms with E-state index in [2.05, 4.69) is 6.92 Å². The summed E-state index contributed by atoms with van der Waals surface area (Å²) in [4.78, 5) is 25.3. The van der Waals surface area contributed by atoms with Crippen LogP contribution in [0.15, 0.2) is 0 Å². The van der Waals surface area contributed by atoms with E-state index < -0.39 is 5.41 Å². The van der Waals surface area contributed by atoms with Crippen LogP contribution in [-0.4, -0.2) is 29.7 Å². The van der Waals surface area contributed by atoms with Gasteiger partial charge >= 0.3 is 0 Å². The largest absolute Gasteiger partial charge is 0.336 e. The van der Waals surface area contributed by atoms with Gasteiger partial charge in [0.05, 0.1) is 0 Å². The minimum atomic E-state index is -0.555. The predicted molar refractivity (Wildman–Crippen MR) is 59.4 cm³/mol. The normalized spacial score (nSPS) is 19.1. The van der Waals surface area contributed by atoms with E-state index in [1.165, 1.54) is 0 Å². The third-order valence-corrected chi connectivity index (χ3v) is 2.95. The fourth-order valence-corrected chi connectivity index (χ4v) is 1.68. The number of carbonyl (C=O) groups is 2. The molecule has 1 saturated heterocycles. The Morgan fingerprint density at radius 3 is 2.00 bits per heavy atom. The zero-order chi connectivity index (χ0) is 11.6. The summed E-state index contributed by atoms with van der Waals surface area (Å²) >= 11 is 0. The van der Waals surface area contributed by atoms with Crippen molar-refractivity contribution in [1.29, 1.82) is 0 Å². The molecule has 1 amide bonds. The first-order chi connectivity index (χ1) is 6.82. The summed E-state index contributed by atoms with van der Waals surface area (Å²) in [6.45, 7) is 9.04. The molecular formula is C12H21NO2. The number of nitrogens with zero attached hydrogens (tertiary/aromatic N) is 1. The summed E-state index contributed by atoms with van der Waals surface area (Å²) in [6, 6.07) is 0. The van der Waals surface area contributed by atoms with Crippen LogP contribution in [0.3, 0.4) is 0 Å². The van der Waals surface area contributed by atoms with Gasteiger partial charge in [-0.05, 0) is 18.8 Å². The molecule has 0 spiro atoms. The quantitative estimate of drug-likeness (QED) is 0.621. The van der Waals surface area contributed by atoms with Crippen LogP contribution in [0, 0.1) is 11.3 Å². The number of piperidine rings is 1. The van der Waals surface area contributed by atoms with Crippen molar-refractivity contribution >= 4 is 11.7 Å². The van der Waals surface area contributed by atoms with E-state index in [0.29, 0.717) is 5.92 Å². The topological polar surface area (TPSA) is 37.4 Å². The van der Waals surface area contributed by atoms with Crippen LogP contribution < -0.4 is 0 Å². The fourth-order valence-electron chi connectivity index (χ4n) is 1.68. The van der Waals surface area contributed by atoms with Crippen molar-refractivity contribution in [3.8, 4) is 0 Å². The van der Waals surface area contributed by atoms with Crippen molar-refractivity contribution in [1.82, 2.24) is 4.90 Å². The third kappa shape index (κ3) is 3.05. The van der Waals surface area contributed by atoms with Gasteiger partial charge in [-0.3, -0.25) is 9.59 Å². The van der Waals surface area contributed by atoms with Crippen molar-refractivity contribution in [2.75, 3.05) is 13.1 Å². The van der Waals surface area contributed by atoms with Crippen molar-refractivity contribution in [2.45, 2.75) is 40.5 Å². The van der Waals surface area contributed by atoms with E-state index in [1.54, 1.807) is 25.7 Å². The number of rotatable bonds is 1. The third-order valence-electron chi connectivity index (χ3n) is 2.95. The van der Waals surface area contributed by atoms with Gasteiger partial charge in [0.1, 0.15) is 0 Å². The predicted octanol–water partition coefficient (Wildman–Crippen LogP) is 1.86. The summed E-state index contributed by atoms with van der Waals surface area (Å²) in [5, 5.41) is 0. The lowest BCUT2D eigenvalue weighted by molar-refractivity contribution is -0.149. The Balaban J connectivity index is 2.58. The average Bonchev–Trinajstić information content (AvgIpc) is 2.15. The summed E-state index contributed by atoms with van der Waals surface area (Å²) in [6.07, 6.45) is 2.03. The molecule has 3 nitrogen and oxygen atoms in total. The molecule has 1 heterocycles. The number of Topliss-reactive ketones (excluding diaryl/α,β-unsaturated/α-hetero) is 1. The molecule has 1 aliphatic rings. The van der Waals surface area contributed by atoms with Crippen LogP contribution in [0.5, 0.6) is 0 Å². The van der Waals surface area contributed by atoms with Crippen LogP contribution in [0.4, 0.5) is 0 Å². The number of carbonyl (C=O) groups excluding carboxylic acids is 2. The standard InChI is InChI=1S/C12H21NO2/c1-9-5-7-13(8-6-9)11(15)10(14)12(2,3)4/h9H,5-8H2,1-4H3. The van der Waals surface area contributed by atoms with Crippen molar-refractivity contribution in [2.24, 2.45) is 11.3 Å². The molecule has 1 fully saturated rings. The molecule has 0 N–H and O–H groups in total. The van der Waals surface area contributed by atoms with Crippen LogP contribution in [0.2, 0.25) is 0 Å². The maximum Gasteiger partial charge on any atom is 0.290 e. The summed E-state index contributed by atoms with van der Waals surface area (Å²) in [5.41, 5.74) is -0.555. The maximum atomic E-state index is 11.8. The number of hydrogen-bond donors (Lipinski definition) is 0. The Morgan fingerprint density at radius 1 is 1.13 bits per heavy atom. The zero-order valence-electron chi connectivity index (χ0n) is 10.2. The molecule has 15 heavy (non-hydrogen) atoms. The van der Waals surface area contributed by atoms with E-state index in [1.807, 2.05) is 0 Å². The van der Waals surface area contributed by atoms with Crippen LogP contribution in [-0.2, 0) is 9.59 Å². The van der Waals surface area contributed by atoms with Gasteiger partial charge in [-0.15, -0.1) is 0 Å². The second-order valence-electron chi connectivity index (χ2n) is 5.55. The van der Waals surface area contributed by atoms with E-state index in [-0.39, 0.29) is 11.7 Å². The van der Waals surface area contributed by atoms with Gasteiger partial charge in [-0.1, -0.05) is 27.7 Å². The van der Waals surface area contributed by atoms with Crippen LogP contribution >= 0.6 is 0 Å². The fraction of sp³-hybridized carbons (Fsp3) is 0.833. The molecule has 1 rings (SSSR count). The molecule has 3 heteroatoms. The van der Waals surface area contributed by atoms with Gasteiger partial charge in [0.2, 0.25) is 5.78 Å². The Morgan fingerprint density at radius 2 is 1.60 bits per heavy atom. The Kier molecular flexibility index (Phi) is 3.53. The van der Waals surface area contributed by atoms with Gasteiger partial charge in [-0.2, -0.15) is 0 Å². The average molecular weight is 211 g/mol. The molecule has 0 bridgehead atoms. The highest BCUT2D eigenvalue weighted by Gasteiger charge is 2.32. The lowest BCUT2D eigenvalue weighted by Gasteiger charge is -2.31. The molecule has 0 aromatic carbocycles. The van der Waals surface area contributed by atoms with E-state index in [4.69, 9.17) is 0 Å². The Bertz CT molecular complexity index is 257. The zero-order valence-corrected chi connectivity index (χ0v) is 10.2. The van der Waals surface area contributed by atoms with Crippen molar-refractivity contribution in [3.05, 3.63) is 0 Å². The van der Waals surface area contributed by atoms with E-state index in [0.717, 1.165) is 25.9 Å². The molecular weight excluding hydrogens is 190 g/mol. The van der Waals surface area contributed by atoms with Gasteiger partial charge in [-0.25, -0.2) is 0 Å². The monoisotopic (exact) mass is 211 g/mol. The Labute approximate surface area is 91.8 Å². The summed E-state index contributed by atoms with van der Waals surface area (Å²) in [7, 11) is 0. The van der Waals surface area contributed by atoms with Crippen molar-refractivity contribution in [3.63, 3.8) is 0 Å². The number of hydrogen-bond acceptors (Lipinski definition) is 2. The molecule has 0 unspecified atom stereocenters. The van der Waals surface area contributed by atoms with E-state index >= 15 is 0 Å². The molecule has 0 saturated carbocycles. The van der Waals surface area contributed by atoms with Crippen LogP contribution in [0.25, 0.3) is 0 Å². The first-order valence-corrected chi connectivity index (χ1v) is 5.66. The summed E-state index contributed by atoms with van der Waals surface area (Å²) in [5.74, 6) is 0.116. The van der Waals surface area contributed by atoms with Crippen molar-refractivity contribution < 1.29 is 9.59 Å². The Hall–Kier alpha value is -0.860. The first-order valence-electron chi connectivity index (χ1n) is 5.66. The molecule has 0 aromatic heterocycles. The number of amides is 1. The van der Waals surface area contributed by atoms with Crippen LogP contribution in [0.1, 0.15) is 40.5 Å². The highest BCUT2D eigenvalue weighted by Crippen LogP contribution is 2.20. The molecule has 0 radical (unpaired) electrons. The maximum absolute atomic E-state index is 11.8. The molecule has 1 aliphatic heterocycles. The van der Waals surface area contributed by atoms with Gasteiger partial charge in [0.25, 0.3) is 5.91 Å². The molecule has 86 valence electrons. The number of likely N-dealkylation sites (tertiary alicyclic amines) is 1. The first kappa shape index (κ1) is 12.2. The SMILES string of the molecule is CC1CCN(C(=O)C(=O)C(C)(C)C)CC1. The smallest absolute Gasteiger partial charge is 0.290 e. The second-order valence-corrected chi connectivity index (χ2v) is 5.55. The number of ketones is 1. The highest BCUT2D eigenvalue weighted by atomic mass is 16.2. The second kappa shape index (κ2) is 4.33. The lowest BCUT2D eigenvalue weighted by atomic mass is 9.89. The molecule has 0 atom stereocenters. The van der Waals surface area contributed by atoms with Gasteiger partial charge < -0.3 is 4.90 Å². The lowest BCUT2D eigenvalue weighted by Crippen LogP contribution is -2.45. The summed E-state index contributed by atoms with van der Waals surface area (Å²) < 4.78 is 0. The minimum Gasteiger partial charge on any atom is -0.336 e. The van der Waals surface area contributed by atoms with Gasteiger partial charge in [0, 0.05) is 18.5 Å². The molecule has 0 aromatic rings.